The predicted molar refractivity (Wildman–Crippen MR) is 81.2 cm³/mol. The molecule has 110 valence electrons. The van der Waals surface area contributed by atoms with E-state index in [1.165, 1.54) is 19.3 Å². The fourth-order valence-corrected chi connectivity index (χ4v) is 3.47. The molecule has 0 bridgehead atoms. The van der Waals surface area contributed by atoms with Gasteiger partial charge in [0.05, 0.1) is 23.1 Å². The lowest BCUT2D eigenvalue weighted by molar-refractivity contribution is 0.0956. The molecule has 3 heterocycles. The van der Waals surface area contributed by atoms with Crippen LogP contribution >= 0.6 is 0 Å². The molecule has 0 unspecified atom stereocenters. The topological polar surface area (TPSA) is 50.2 Å². The highest BCUT2D eigenvalue weighted by molar-refractivity contribution is 6.05. The summed E-state index contributed by atoms with van der Waals surface area (Å²) >= 11 is 0. The monoisotopic (exact) mass is 284 g/mol. The first-order valence-corrected chi connectivity index (χ1v) is 7.81. The number of amides is 1. The van der Waals surface area contributed by atoms with E-state index in [9.17, 15) is 4.79 Å². The van der Waals surface area contributed by atoms with Crippen molar-refractivity contribution in [2.75, 3.05) is 19.6 Å². The van der Waals surface area contributed by atoms with E-state index >= 15 is 0 Å². The normalized spacial score (nSPS) is 19.5. The van der Waals surface area contributed by atoms with Crippen molar-refractivity contribution in [2.45, 2.75) is 32.4 Å². The van der Waals surface area contributed by atoms with Gasteiger partial charge < -0.3 is 9.88 Å². The van der Waals surface area contributed by atoms with Crippen LogP contribution in [0, 0.1) is 0 Å². The van der Waals surface area contributed by atoms with Crippen molar-refractivity contribution in [3.63, 3.8) is 0 Å². The summed E-state index contributed by atoms with van der Waals surface area (Å²) in [5.74, 6) is 1.11. The van der Waals surface area contributed by atoms with Crippen LogP contribution in [0.5, 0.6) is 0 Å². The van der Waals surface area contributed by atoms with E-state index < -0.39 is 0 Å². The molecule has 0 spiro atoms. The zero-order valence-electron chi connectivity index (χ0n) is 12.1. The Bertz CT molecular complexity index is 685. The molecule has 0 atom stereocenters. The van der Waals surface area contributed by atoms with Gasteiger partial charge in [0.25, 0.3) is 5.91 Å². The highest BCUT2D eigenvalue weighted by Gasteiger charge is 2.22. The molecule has 1 saturated heterocycles. The summed E-state index contributed by atoms with van der Waals surface area (Å²) in [6.07, 6.45) is 3.91. The second-order valence-corrected chi connectivity index (χ2v) is 5.95. The SMILES string of the molecule is O=C1NCCn2c(CN3CCCCC3)nc3cccc1c32. The molecule has 5 nitrogen and oxygen atoms in total. The molecule has 4 rings (SSSR count). The first kappa shape index (κ1) is 12.8. The number of para-hydroxylation sites is 1. The van der Waals surface area contributed by atoms with E-state index in [0.29, 0.717) is 6.54 Å². The smallest absolute Gasteiger partial charge is 0.253 e. The number of hydrogen-bond donors (Lipinski definition) is 1. The third-order valence-electron chi connectivity index (χ3n) is 4.53. The summed E-state index contributed by atoms with van der Waals surface area (Å²) < 4.78 is 2.23. The number of piperidine rings is 1. The molecule has 5 heteroatoms. The Morgan fingerprint density at radius 2 is 2.00 bits per heavy atom. The fourth-order valence-electron chi connectivity index (χ4n) is 3.47. The van der Waals surface area contributed by atoms with Crippen LogP contribution in [0.4, 0.5) is 0 Å². The molecule has 1 amide bonds. The van der Waals surface area contributed by atoms with E-state index in [2.05, 4.69) is 14.8 Å². The number of aromatic nitrogens is 2. The van der Waals surface area contributed by atoms with Crippen molar-refractivity contribution < 1.29 is 4.79 Å². The maximum Gasteiger partial charge on any atom is 0.253 e. The third-order valence-corrected chi connectivity index (χ3v) is 4.53. The minimum Gasteiger partial charge on any atom is -0.350 e. The number of rotatable bonds is 2. The van der Waals surface area contributed by atoms with E-state index in [4.69, 9.17) is 4.98 Å². The summed E-state index contributed by atoms with van der Waals surface area (Å²) in [7, 11) is 0. The van der Waals surface area contributed by atoms with Crippen molar-refractivity contribution in [1.29, 1.82) is 0 Å². The summed E-state index contributed by atoms with van der Waals surface area (Å²) in [6.45, 7) is 4.69. The van der Waals surface area contributed by atoms with Crippen LogP contribution in [0.15, 0.2) is 18.2 Å². The molecule has 1 aromatic carbocycles. The Balaban J connectivity index is 1.77. The molecule has 2 aliphatic rings. The van der Waals surface area contributed by atoms with Gasteiger partial charge in [-0.3, -0.25) is 9.69 Å². The lowest BCUT2D eigenvalue weighted by Gasteiger charge is -2.26. The first-order chi connectivity index (χ1) is 10.3. The van der Waals surface area contributed by atoms with Crippen molar-refractivity contribution >= 4 is 16.9 Å². The molecule has 0 radical (unpaired) electrons. The third kappa shape index (κ3) is 2.21. The molecule has 21 heavy (non-hydrogen) atoms. The molecule has 0 saturated carbocycles. The summed E-state index contributed by atoms with van der Waals surface area (Å²) in [5.41, 5.74) is 2.69. The van der Waals surface area contributed by atoms with Gasteiger partial charge in [-0.25, -0.2) is 4.98 Å². The fraction of sp³-hybridized carbons (Fsp3) is 0.500. The van der Waals surface area contributed by atoms with Gasteiger partial charge in [0, 0.05) is 13.1 Å². The van der Waals surface area contributed by atoms with Gasteiger partial charge in [-0.2, -0.15) is 0 Å². The number of nitrogens with zero attached hydrogens (tertiary/aromatic N) is 3. The minimum absolute atomic E-state index is 0.0174. The van der Waals surface area contributed by atoms with Crippen LogP contribution in [0.25, 0.3) is 11.0 Å². The van der Waals surface area contributed by atoms with Crippen LogP contribution in [-0.2, 0) is 13.1 Å². The van der Waals surface area contributed by atoms with E-state index in [1.54, 1.807) is 0 Å². The van der Waals surface area contributed by atoms with Crippen molar-refractivity contribution in [3.8, 4) is 0 Å². The van der Waals surface area contributed by atoms with E-state index in [1.807, 2.05) is 18.2 Å². The molecule has 1 fully saturated rings. The number of nitrogens with one attached hydrogen (secondary N) is 1. The quantitative estimate of drug-likeness (QED) is 0.914. The molecule has 1 aromatic heterocycles. The number of carbonyl (C=O) groups is 1. The van der Waals surface area contributed by atoms with E-state index in [0.717, 1.165) is 48.6 Å². The van der Waals surface area contributed by atoms with Crippen LogP contribution in [-0.4, -0.2) is 40.0 Å². The standard InChI is InChI=1S/C16H20N4O/c21-16-12-5-4-6-13-15(12)20(10-7-17-16)14(18-13)11-19-8-2-1-3-9-19/h4-6H,1-3,7-11H2,(H,17,21). The van der Waals surface area contributed by atoms with Gasteiger partial charge in [0.1, 0.15) is 5.82 Å². The largest absolute Gasteiger partial charge is 0.350 e. The number of benzene rings is 1. The molecule has 1 N–H and O–H groups in total. The second-order valence-electron chi connectivity index (χ2n) is 5.95. The second kappa shape index (κ2) is 5.15. The Morgan fingerprint density at radius 3 is 2.86 bits per heavy atom. The van der Waals surface area contributed by atoms with Gasteiger partial charge in [0.15, 0.2) is 0 Å². The Labute approximate surface area is 123 Å². The average molecular weight is 284 g/mol. The average Bonchev–Trinajstić information content (AvgIpc) is 2.75. The van der Waals surface area contributed by atoms with E-state index in [-0.39, 0.29) is 5.91 Å². The highest BCUT2D eigenvalue weighted by atomic mass is 16.1. The minimum atomic E-state index is 0.0174. The molecule has 0 aliphatic carbocycles. The zero-order chi connectivity index (χ0) is 14.2. The maximum absolute atomic E-state index is 12.1. The van der Waals surface area contributed by atoms with Crippen LogP contribution in [0.1, 0.15) is 35.4 Å². The van der Waals surface area contributed by atoms with Gasteiger partial charge in [-0.15, -0.1) is 0 Å². The van der Waals surface area contributed by atoms with Gasteiger partial charge >= 0.3 is 0 Å². The molecular formula is C16H20N4O. The van der Waals surface area contributed by atoms with Gasteiger partial charge in [-0.05, 0) is 38.1 Å². The number of likely N-dealkylation sites (tertiary alicyclic amines) is 1. The van der Waals surface area contributed by atoms with Crippen molar-refractivity contribution in [3.05, 3.63) is 29.6 Å². The number of hydrogen-bond acceptors (Lipinski definition) is 3. The van der Waals surface area contributed by atoms with Crippen molar-refractivity contribution in [2.24, 2.45) is 0 Å². The lowest BCUT2D eigenvalue weighted by Crippen LogP contribution is -2.30. The van der Waals surface area contributed by atoms with Crippen LogP contribution < -0.4 is 5.32 Å². The Morgan fingerprint density at radius 1 is 1.14 bits per heavy atom. The summed E-state index contributed by atoms with van der Waals surface area (Å²) in [5, 5.41) is 2.97. The lowest BCUT2D eigenvalue weighted by atomic mass is 10.1. The predicted octanol–water partition coefficient (Wildman–Crippen LogP) is 1.77. The highest BCUT2D eigenvalue weighted by Crippen LogP contribution is 2.23. The van der Waals surface area contributed by atoms with Gasteiger partial charge in [0.2, 0.25) is 0 Å². The molecular weight excluding hydrogens is 264 g/mol. The van der Waals surface area contributed by atoms with Crippen LogP contribution in [0.3, 0.4) is 0 Å². The first-order valence-electron chi connectivity index (χ1n) is 7.81. The number of carbonyl (C=O) groups excluding carboxylic acids is 1. The molecule has 2 aliphatic heterocycles. The number of imidazole rings is 1. The summed E-state index contributed by atoms with van der Waals surface area (Å²) in [6, 6.07) is 5.82. The Hall–Kier alpha value is -1.88. The Kier molecular flexibility index (Phi) is 3.15. The maximum atomic E-state index is 12.1. The van der Waals surface area contributed by atoms with Gasteiger partial charge in [-0.1, -0.05) is 12.5 Å². The zero-order valence-corrected chi connectivity index (χ0v) is 12.1. The van der Waals surface area contributed by atoms with Crippen molar-refractivity contribution in [1.82, 2.24) is 19.8 Å². The van der Waals surface area contributed by atoms with Crippen LogP contribution in [0.2, 0.25) is 0 Å². The molecule has 2 aromatic rings. The summed E-state index contributed by atoms with van der Waals surface area (Å²) in [4.78, 5) is 19.4.